The second-order valence-electron chi connectivity index (χ2n) is 6.81. The fourth-order valence-corrected chi connectivity index (χ4v) is 2.62. The van der Waals surface area contributed by atoms with Crippen molar-refractivity contribution in [2.75, 3.05) is 24.5 Å². The number of halogens is 1. The number of piperidine rings is 1. The Balaban J connectivity index is 0.00000264. The van der Waals surface area contributed by atoms with Crippen LogP contribution in [0.2, 0.25) is 0 Å². The predicted octanol–water partition coefficient (Wildman–Crippen LogP) is 3.60. The molecule has 0 aromatic heterocycles. The van der Waals surface area contributed by atoms with Gasteiger partial charge in [-0.05, 0) is 42.4 Å². The maximum absolute atomic E-state index is 5.86. The van der Waals surface area contributed by atoms with Gasteiger partial charge >= 0.3 is 0 Å². The summed E-state index contributed by atoms with van der Waals surface area (Å²) in [6.07, 6.45) is 2.59. The standard InChI is InChI=1S/C18H30N4.HI/c1-14(2)12-20-18(19)21-13-16-4-6-17(7-5-16)22-10-8-15(3)9-11-22;/h4-7,14-15H,8-13H2,1-3H3,(H3,19,20,21);1H. The van der Waals surface area contributed by atoms with Gasteiger partial charge in [-0.1, -0.05) is 32.9 Å². The van der Waals surface area contributed by atoms with Crippen LogP contribution in [0.4, 0.5) is 5.69 Å². The lowest BCUT2D eigenvalue weighted by Crippen LogP contribution is -2.34. The van der Waals surface area contributed by atoms with Crippen molar-refractivity contribution in [1.82, 2.24) is 5.32 Å². The Morgan fingerprint density at radius 2 is 1.87 bits per heavy atom. The first-order chi connectivity index (χ1) is 10.5. The van der Waals surface area contributed by atoms with Gasteiger partial charge in [0.05, 0.1) is 6.54 Å². The highest BCUT2D eigenvalue weighted by atomic mass is 127. The van der Waals surface area contributed by atoms with Gasteiger partial charge in [-0.15, -0.1) is 24.0 Å². The molecule has 0 amide bonds. The summed E-state index contributed by atoms with van der Waals surface area (Å²) in [6, 6.07) is 8.73. The molecular formula is C18H31IN4. The first kappa shape index (κ1) is 20.1. The molecule has 0 atom stereocenters. The van der Waals surface area contributed by atoms with Crippen LogP contribution in [0.5, 0.6) is 0 Å². The van der Waals surface area contributed by atoms with E-state index in [4.69, 9.17) is 5.73 Å². The average Bonchev–Trinajstić information content (AvgIpc) is 2.52. The summed E-state index contributed by atoms with van der Waals surface area (Å²) in [5, 5.41) is 3.14. The molecule has 1 aromatic carbocycles. The molecule has 0 aliphatic carbocycles. The number of nitrogens with zero attached hydrogens (tertiary/aromatic N) is 2. The summed E-state index contributed by atoms with van der Waals surface area (Å²) in [4.78, 5) is 6.87. The third-order valence-electron chi connectivity index (χ3n) is 4.21. The van der Waals surface area contributed by atoms with Gasteiger partial charge in [0.1, 0.15) is 0 Å². The third kappa shape index (κ3) is 6.97. The largest absolute Gasteiger partial charge is 0.372 e. The first-order valence-electron chi connectivity index (χ1n) is 8.42. The molecule has 0 saturated carbocycles. The van der Waals surface area contributed by atoms with Crippen molar-refractivity contribution in [2.24, 2.45) is 22.6 Å². The van der Waals surface area contributed by atoms with E-state index in [1.54, 1.807) is 0 Å². The van der Waals surface area contributed by atoms with E-state index in [2.05, 4.69) is 60.2 Å². The quantitative estimate of drug-likeness (QED) is 0.427. The van der Waals surface area contributed by atoms with Crippen molar-refractivity contribution < 1.29 is 0 Å². The average molecular weight is 430 g/mol. The molecule has 0 radical (unpaired) electrons. The fraction of sp³-hybridized carbons (Fsp3) is 0.611. The summed E-state index contributed by atoms with van der Waals surface area (Å²) in [5.74, 6) is 1.97. The molecule has 1 aromatic rings. The van der Waals surface area contributed by atoms with Gasteiger partial charge in [-0.25, -0.2) is 4.99 Å². The summed E-state index contributed by atoms with van der Waals surface area (Å²) in [5.41, 5.74) is 8.38. The van der Waals surface area contributed by atoms with Gasteiger partial charge in [-0.3, -0.25) is 0 Å². The second kappa shape index (κ2) is 10.0. The van der Waals surface area contributed by atoms with Crippen LogP contribution < -0.4 is 16.0 Å². The predicted molar refractivity (Wildman–Crippen MR) is 111 cm³/mol. The van der Waals surface area contributed by atoms with E-state index in [1.165, 1.54) is 37.2 Å². The number of hydrogen-bond acceptors (Lipinski definition) is 2. The molecule has 5 heteroatoms. The molecule has 23 heavy (non-hydrogen) atoms. The second-order valence-corrected chi connectivity index (χ2v) is 6.81. The lowest BCUT2D eigenvalue weighted by molar-refractivity contribution is 0.438. The van der Waals surface area contributed by atoms with Crippen LogP contribution in [-0.2, 0) is 6.54 Å². The van der Waals surface area contributed by atoms with E-state index < -0.39 is 0 Å². The summed E-state index contributed by atoms with van der Waals surface area (Å²) in [6.45, 7) is 10.5. The van der Waals surface area contributed by atoms with Gasteiger partial charge in [0.25, 0.3) is 0 Å². The topological polar surface area (TPSA) is 53.6 Å². The van der Waals surface area contributed by atoms with Crippen LogP contribution in [-0.4, -0.2) is 25.6 Å². The monoisotopic (exact) mass is 430 g/mol. The molecule has 1 saturated heterocycles. The Morgan fingerprint density at radius 3 is 2.43 bits per heavy atom. The number of hydrogen-bond donors (Lipinski definition) is 2. The number of nitrogens with one attached hydrogen (secondary N) is 1. The molecule has 1 aliphatic rings. The van der Waals surface area contributed by atoms with E-state index in [-0.39, 0.29) is 24.0 Å². The molecule has 2 rings (SSSR count). The van der Waals surface area contributed by atoms with Crippen LogP contribution in [0, 0.1) is 11.8 Å². The third-order valence-corrected chi connectivity index (χ3v) is 4.21. The minimum Gasteiger partial charge on any atom is -0.372 e. The van der Waals surface area contributed by atoms with Crippen LogP contribution in [0.25, 0.3) is 0 Å². The van der Waals surface area contributed by atoms with Crippen LogP contribution in [0.15, 0.2) is 29.3 Å². The molecule has 3 N–H and O–H groups in total. The Labute approximate surface area is 157 Å². The minimum absolute atomic E-state index is 0. The zero-order chi connectivity index (χ0) is 15.9. The van der Waals surface area contributed by atoms with Crippen molar-refractivity contribution in [3.8, 4) is 0 Å². The summed E-state index contributed by atoms with van der Waals surface area (Å²) < 4.78 is 0. The highest BCUT2D eigenvalue weighted by Crippen LogP contribution is 2.23. The van der Waals surface area contributed by atoms with Gasteiger partial charge in [0.2, 0.25) is 0 Å². The minimum atomic E-state index is 0. The van der Waals surface area contributed by atoms with Crippen molar-refractivity contribution in [3.63, 3.8) is 0 Å². The highest BCUT2D eigenvalue weighted by molar-refractivity contribution is 14.0. The summed E-state index contributed by atoms with van der Waals surface area (Å²) in [7, 11) is 0. The zero-order valence-corrected chi connectivity index (χ0v) is 16.9. The van der Waals surface area contributed by atoms with E-state index in [1.807, 2.05) is 0 Å². The zero-order valence-electron chi connectivity index (χ0n) is 14.6. The highest BCUT2D eigenvalue weighted by Gasteiger charge is 2.15. The molecule has 130 valence electrons. The maximum Gasteiger partial charge on any atom is 0.188 e. The normalized spacial score (nSPS) is 16.3. The van der Waals surface area contributed by atoms with E-state index >= 15 is 0 Å². The van der Waals surface area contributed by atoms with Gasteiger partial charge < -0.3 is 16.0 Å². The fourth-order valence-electron chi connectivity index (χ4n) is 2.62. The van der Waals surface area contributed by atoms with Gasteiger partial charge in [-0.2, -0.15) is 0 Å². The first-order valence-corrected chi connectivity index (χ1v) is 8.42. The number of guanidine groups is 1. The molecule has 0 bridgehead atoms. The van der Waals surface area contributed by atoms with Crippen molar-refractivity contribution >= 4 is 35.6 Å². The number of anilines is 1. The summed E-state index contributed by atoms with van der Waals surface area (Å²) >= 11 is 0. The smallest absolute Gasteiger partial charge is 0.188 e. The Hall–Kier alpha value is -0.980. The Bertz CT molecular complexity index is 476. The van der Waals surface area contributed by atoms with Crippen molar-refractivity contribution in [2.45, 2.75) is 40.2 Å². The van der Waals surface area contributed by atoms with E-state index in [9.17, 15) is 0 Å². The Morgan fingerprint density at radius 1 is 1.26 bits per heavy atom. The SMILES string of the molecule is CC(C)CNC(N)=NCc1ccc(N2CCC(C)CC2)cc1.I. The molecule has 1 heterocycles. The molecule has 1 aliphatic heterocycles. The number of rotatable bonds is 5. The van der Waals surface area contributed by atoms with E-state index in [0.29, 0.717) is 18.4 Å². The van der Waals surface area contributed by atoms with Crippen LogP contribution >= 0.6 is 24.0 Å². The van der Waals surface area contributed by atoms with Crippen LogP contribution in [0.1, 0.15) is 39.2 Å². The number of nitrogens with two attached hydrogens (primary N) is 1. The molecule has 0 unspecified atom stereocenters. The Kier molecular flexibility index (Phi) is 8.73. The molecule has 0 spiro atoms. The maximum atomic E-state index is 5.86. The number of aliphatic imine (C=N–C) groups is 1. The molecule has 4 nitrogen and oxygen atoms in total. The van der Waals surface area contributed by atoms with Crippen LogP contribution in [0.3, 0.4) is 0 Å². The molecular weight excluding hydrogens is 399 g/mol. The van der Waals surface area contributed by atoms with E-state index in [0.717, 1.165) is 12.5 Å². The lowest BCUT2D eigenvalue weighted by atomic mass is 9.99. The molecule has 1 fully saturated rings. The van der Waals surface area contributed by atoms with Crippen molar-refractivity contribution in [3.05, 3.63) is 29.8 Å². The van der Waals surface area contributed by atoms with Gasteiger partial charge in [0, 0.05) is 25.3 Å². The van der Waals surface area contributed by atoms with Gasteiger partial charge in [0.15, 0.2) is 5.96 Å². The number of benzene rings is 1. The lowest BCUT2D eigenvalue weighted by Gasteiger charge is -2.32. The van der Waals surface area contributed by atoms with Crippen molar-refractivity contribution in [1.29, 1.82) is 0 Å².